The van der Waals surface area contributed by atoms with E-state index >= 15 is 0 Å². The molecular formula is C22H37N5O2. The molecule has 2 rings (SSSR count). The number of piperidine rings is 1. The number of rotatable bonds is 9. The highest BCUT2D eigenvalue weighted by molar-refractivity contribution is 5.94. The molecule has 7 nitrogen and oxygen atoms in total. The van der Waals surface area contributed by atoms with Crippen LogP contribution in [0.4, 0.5) is 0 Å². The van der Waals surface area contributed by atoms with Crippen molar-refractivity contribution in [1.29, 1.82) is 0 Å². The zero-order chi connectivity index (χ0) is 21.1. The van der Waals surface area contributed by atoms with Crippen LogP contribution in [0.25, 0.3) is 0 Å². The maximum Gasteiger partial charge on any atom is 0.253 e. The summed E-state index contributed by atoms with van der Waals surface area (Å²) >= 11 is 0. The molecule has 1 amide bonds. The van der Waals surface area contributed by atoms with Gasteiger partial charge in [0.15, 0.2) is 5.96 Å². The molecule has 1 fully saturated rings. The van der Waals surface area contributed by atoms with Gasteiger partial charge in [-0.2, -0.15) is 0 Å². The molecule has 7 heteroatoms. The number of nitrogens with one attached hydrogen (secondary N) is 2. The summed E-state index contributed by atoms with van der Waals surface area (Å²) in [6.45, 7) is 4.95. The van der Waals surface area contributed by atoms with Gasteiger partial charge >= 0.3 is 0 Å². The Bertz CT molecular complexity index is 654. The number of amides is 1. The van der Waals surface area contributed by atoms with Crippen LogP contribution in [0.1, 0.15) is 35.2 Å². The van der Waals surface area contributed by atoms with E-state index in [0.717, 1.165) is 75.6 Å². The van der Waals surface area contributed by atoms with E-state index in [1.165, 1.54) is 0 Å². The molecule has 0 spiro atoms. The van der Waals surface area contributed by atoms with Crippen LogP contribution in [0, 0.1) is 0 Å². The minimum absolute atomic E-state index is 0.0332. The number of carbonyl (C=O) groups is 1. The first-order chi connectivity index (χ1) is 14.0. The Morgan fingerprint density at radius 1 is 1.31 bits per heavy atom. The Hall–Kier alpha value is -2.12. The van der Waals surface area contributed by atoms with Crippen molar-refractivity contribution in [3.05, 3.63) is 35.4 Å². The lowest BCUT2D eigenvalue weighted by molar-refractivity contribution is 0.0827. The summed E-state index contributed by atoms with van der Waals surface area (Å²) in [5.41, 5.74) is 1.87. The normalized spacial score (nSPS) is 15.9. The van der Waals surface area contributed by atoms with Crippen LogP contribution in [0.15, 0.2) is 29.3 Å². The van der Waals surface area contributed by atoms with Crippen molar-refractivity contribution in [2.24, 2.45) is 4.99 Å². The van der Waals surface area contributed by atoms with Crippen LogP contribution >= 0.6 is 0 Å². The van der Waals surface area contributed by atoms with Gasteiger partial charge in [-0.1, -0.05) is 12.1 Å². The van der Waals surface area contributed by atoms with E-state index in [-0.39, 0.29) is 5.91 Å². The standard InChI is InChI=1S/C22H37N5O2/c1-23-22(25-20-10-14-27(15-11-20)13-6-16-29-4)24-12-9-18-7-5-8-19(17-18)21(28)26(2)3/h5,7-8,17,20H,6,9-16H2,1-4H3,(H2,23,24,25). The van der Waals surface area contributed by atoms with Gasteiger partial charge in [-0.25, -0.2) is 0 Å². The molecule has 1 saturated heterocycles. The number of aliphatic imine (C=N–C) groups is 1. The van der Waals surface area contributed by atoms with Crippen molar-refractivity contribution in [2.75, 3.05) is 61.0 Å². The number of benzene rings is 1. The van der Waals surface area contributed by atoms with Crippen LogP contribution < -0.4 is 10.6 Å². The molecule has 0 aliphatic carbocycles. The lowest BCUT2D eigenvalue weighted by Gasteiger charge is -2.33. The van der Waals surface area contributed by atoms with Crippen LogP contribution in [0.5, 0.6) is 0 Å². The number of likely N-dealkylation sites (tertiary alicyclic amines) is 1. The quantitative estimate of drug-likeness (QED) is 0.372. The van der Waals surface area contributed by atoms with Crippen LogP contribution in [0.3, 0.4) is 0 Å². The highest BCUT2D eigenvalue weighted by Gasteiger charge is 2.19. The van der Waals surface area contributed by atoms with Crippen LogP contribution in [0.2, 0.25) is 0 Å². The smallest absolute Gasteiger partial charge is 0.253 e. The Balaban J connectivity index is 1.72. The van der Waals surface area contributed by atoms with Gasteiger partial charge in [0, 0.05) is 72.6 Å². The molecule has 2 N–H and O–H groups in total. The predicted octanol–water partition coefficient (Wildman–Crippen LogP) is 1.60. The number of ether oxygens (including phenoxy) is 1. The third kappa shape index (κ3) is 8.03. The maximum atomic E-state index is 12.1. The number of carbonyl (C=O) groups excluding carboxylic acids is 1. The van der Waals surface area contributed by atoms with Gasteiger partial charge in [0.05, 0.1) is 0 Å². The van der Waals surface area contributed by atoms with Crippen molar-refractivity contribution < 1.29 is 9.53 Å². The van der Waals surface area contributed by atoms with Crippen molar-refractivity contribution in [3.8, 4) is 0 Å². The second-order valence-electron chi connectivity index (χ2n) is 7.76. The van der Waals surface area contributed by atoms with Gasteiger partial charge in [0.25, 0.3) is 5.91 Å². The van der Waals surface area contributed by atoms with Crippen molar-refractivity contribution in [2.45, 2.75) is 31.7 Å². The number of nitrogens with zero attached hydrogens (tertiary/aromatic N) is 3. The van der Waals surface area contributed by atoms with Gasteiger partial charge in [-0.05, 0) is 43.4 Å². The summed E-state index contributed by atoms with van der Waals surface area (Å²) in [7, 11) is 7.12. The minimum atomic E-state index is 0.0332. The minimum Gasteiger partial charge on any atom is -0.385 e. The molecular weight excluding hydrogens is 366 g/mol. The number of hydrogen-bond acceptors (Lipinski definition) is 4. The summed E-state index contributed by atoms with van der Waals surface area (Å²) in [5.74, 6) is 0.884. The summed E-state index contributed by atoms with van der Waals surface area (Å²) in [6.07, 6.45) is 4.19. The summed E-state index contributed by atoms with van der Waals surface area (Å²) in [5, 5.41) is 6.95. The molecule has 0 radical (unpaired) electrons. The van der Waals surface area contributed by atoms with E-state index in [9.17, 15) is 4.79 Å². The molecule has 1 aliphatic rings. The molecule has 162 valence electrons. The first-order valence-corrected chi connectivity index (χ1v) is 10.5. The fourth-order valence-corrected chi connectivity index (χ4v) is 3.56. The van der Waals surface area contributed by atoms with Crippen molar-refractivity contribution in [3.63, 3.8) is 0 Å². The number of guanidine groups is 1. The van der Waals surface area contributed by atoms with E-state index < -0.39 is 0 Å². The van der Waals surface area contributed by atoms with Crippen molar-refractivity contribution >= 4 is 11.9 Å². The maximum absolute atomic E-state index is 12.1. The van der Waals surface area contributed by atoms with E-state index in [4.69, 9.17) is 4.74 Å². The van der Waals surface area contributed by atoms with Gasteiger partial charge < -0.3 is 25.2 Å². The Labute approximate surface area is 175 Å². The Morgan fingerprint density at radius 3 is 2.72 bits per heavy atom. The second-order valence-corrected chi connectivity index (χ2v) is 7.76. The first kappa shape index (κ1) is 23.2. The van der Waals surface area contributed by atoms with E-state index in [1.807, 2.05) is 25.2 Å². The predicted molar refractivity (Wildman–Crippen MR) is 119 cm³/mol. The molecule has 0 unspecified atom stereocenters. The van der Waals surface area contributed by atoms with Gasteiger partial charge in [0.2, 0.25) is 0 Å². The SMILES string of the molecule is CN=C(NCCc1cccc(C(=O)N(C)C)c1)NC1CCN(CCCOC)CC1. The van der Waals surface area contributed by atoms with Gasteiger partial charge in [-0.3, -0.25) is 9.79 Å². The third-order valence-corrected chi connectivity index (χ3v) is 5.26. The van der Waals surface area contributed by atoms with Crippen LogP contribution in [-0.2, 0) is 11.2 Å². The first-order valence-electron chi connectivity index (χ1n) is 10.5. The summed E-state index contributed by atoms with van der Waals surface area (Å²) in [4.78, 5) is 20.6. The summed E-state index contributed by atoms with van der Waals surface area (Å²) in [6, 6.07) is 8.30. The Kier molecular flexibility index (Phi) is 9.94. The van der Waals surface area contributed by atoms with Gasteiger partial charge in [0.1, 0.15) is 0 Å². The molecule has 29 heavy (non-hydrogen) atoms. The average molecular weight is 404 g/mol. The average Bonchev–Trinajstić information content (AvgIpc) is 2.74. The molecule has 0 aromatic heterocycles. The lowest BCUT2D eigenvalue weighted by Crippen LogP contribution is -2.49. The summed E-state index contributed by atoms with van der Waals surface area (Å²) < 4.78 is 5.14. The van der Waals surface area contributed by atoms with Gasteiger partial charge in [-0.15, -0.1) is 0 Å². The molecule has 1 aromatic rings. The van der Waals surface area contributed by atoms with E-state index in [1.54, 1.807) is 26.1 Å². The topological polar surface area (TPSA) is 69.2 Å². The highest BCUT2D eigenvalue weighted by atomic mass is 16.5. The number of hydrogen-bond donors (Lipinski definition) is 2. The molecule has 0 bridgehead atoms. The molecule has 1 heterocycles. The molecule has 1 aromatic carbocycles. The monoisotopic (exact) mass is 403 g/mol. The molecule has 1 aliphatic heterocycles. The largest absolute Gasteiger partial charge is 0.385 e. The second kappa shape index (κ2) is 12.4. The fraction of sp³-hybridized carbons (Fsp3) is 0.636. The molecule has 0 atom stereocenters. The van der Waals surface area contributed by atoms with Crippen LogP contribution in [-0.4, -0.2) is 88.7 Å². The van der Waals surface area contributed by atoms with E-state index in [0.29, 0.717) is 6.04 Å². The zero-order valence-electron chi connectivity index (χ0n) is 18.4. The van der Waals surface area contributed by atoms with E-state index in [2.05, 4.69) is 26.6 Å². The number of methoxy groups -OCH3 is 1. The van der Waals surface area contributed by atoms with Crippen molar-refractivity contribution in [1.82, 2.24) is 20.4 Å². The lowest BCUT2D eigenvalue weighted by atomic mass is 10.1. The zero-order valence-corrected chi connectivity index (χ0v) is 18.4. The fourth-order valence-electron chi connectivity index (χ4n) is 3.56. The Morgan fingerprint density at radius 2 is 2.07 bits per heavy atom. The molecule has 0 saturated carbocycles. The third-order valence-electron chi connectivity index (χ3n) is 5.26. The highest BCUT2D eigenvalue weighted by Crippen LogP contribution is 2.11.